The van der Waals surface area contributed by atoms with Gasteiger partial charge in [-0.1, -0.05) is 47.7 Å². The molecule has 0 bridgehead atoms. The molecule has 164 valence electrons. The van der Waals surface area contributed by atoms with Gasteiger partial charge in [0.15, 0.2) is 4.96 Å². The Morgan fingerprint density at radius 3 is 2.52 bits per heavy atom. The van der Waals surface area contributed by atoms with Gasteiger partial charge in [-0.15, -0.1) is 0 Å². The number of benzene rings is 2. The number of nitrogens with two attached hydrogens (primary N) is 1. The van der Waals surface area contributed by atoms with Gasteiger partial charge in [0, 0.05) is 29.7 Å². The summed E-state index contributed by atoms with van der Waals surface area (Å²) in [6, 6.07) is 18.8. The van der Waals surface area contributed by atoms with Crippen LogP contribution in [-0.4, -0.2) is 27.8 Å². The molecular weight excluding hydrogens is 460 g/mol. The van der Waals surface area contributed by atoms with Gasteiger partial charge in [0.05, 0.1) is 21.2 Å². The Morgan fingerprint density at radius 1 is 0.939 bits per heavy atom. The van der Waals surface area contributed by atoms with Crippen molar-refractivity contribution in [3.63, 3.8) is 0 Å². The van der Waals surface area contributed by atoms with Gasteiger partial charge in [0.2, 0.25) is 16.0 Å². The third kappa shape index (κ3) is 4.12. The molecule has 0 saturated carbocycles. The highest BCUT2D eigenvalue weighted by Gasteiger charge is 2.19. The van der Waals surface area contributed by atoms with E-state index in [1.165, 1.54) is 35.7 Å². The number of hydrogen-bond acceptors (Lipinski definition) is 8. The second-order valence-electron chi connectivity index (χ2n) is 7.01. The molecule has 33 heavy (non-hydrogen) atoms. The highest BCUT2D eigenvalue weighted by atomic mass is 32.2. The van der Waals surface area contributed by atoms with Gasteiger partial charge in [0.1, 0.15) is 0 Å². The Kier molecular flexibility index (Phi) is 5.21. The Morgan fingerprint density at radius 2 is 1.73 bits per heavy atom. The molecule has 0 aliphatic heterocycles. The minimum atomic E-state index is -3.84. The highest BCUT2D eigenvalue weighted by molar-refractivity contribution is 7.89. The smallest absolute Gasteiger partial charge is 0.258 e. The number of sulfonamides is 1. The number of thiazole rings is 1. The zero-order valence-corrected chi connectivity index (χ0v) is 18.5. The van der Waals surface area contributed by atoms with Crippen LogP contribution >= 0.6 is 11.3 Å². The van der Waals surface area contributed by atoms with E-state index in [0.717, 1.165) is 10.4 Å². The largest absolute Gasteiger partial charge is 0.324 e. The van der Waals surface area contributed by atoms with Crippen LogP contribution in [0.2, 0.25) is 0 Å². The van der Waals surface area contributed by atoms with Gasteiger partial charge in [0.25, 0.3) is 5.56 Å². The molecule has 3 N–H and O–H groups in total. The van der Waals surface area contributed by atoms with E-state index in [9.17, 15) is 13.2 Å². The Balaban J connectivity index is 1.62. The molecule has 0 fully saturated rings. The first-order chi connectivity index (χ1) is 15.9. The van der Waals surface area contributed by atoms with Crippen molar-refractivity contribution in [1.29, 1.82) is 0 Å². The van der Waals surface area contributed by atoms with Crippen LogP contribution < -0.4 is 16.0 Å². The monoisotopic (exact) mass is 476 g/mol. The summed E-state index contributed by atoms with van der Waals surface area (Å²) < 4.78 is 24.9. The van der Waals surface area contributed by atoms with E-state index in [-0.39, 0.29) is 16.4 Å². The minimum absolute atomic E-state index is 0.0232. The normalized spacial score (nSPS) is 11.5. The van der Waals surface area contributed by atoms with Crippen LogP contribution in [0.25, 0.3) is 26.8 Å². The van der Waals surface area contributed by atoms with Gasteiger partial charge in [-0.3, -0.25) is 9.20 Å². The molecule has 0 radical (unpaired) electrons. The first kappa shape index (κ1) is 20.9. The van der Waals surface area contributed by atoms with Crippen LogP contribution in [0.3, 0.4) is 0 Å². The van der Waals surface area contributed by atoms with Crippen molar-refractivity contribution in [3.05, 3.63) is 89.5 Å². The lowest BCUT2D eigenvalue weighted by Crippen LogP contribution is -2.12. The van der Waals surface area contributed by atoms with Crippen molar-refractivity contribution in [2.45, 2.75) is 4.90 Å². The maximum atomic E-state index is 12.7. The minimum Gasteiger partial charge on any atom is -0.324 e. The van der Waals surface area contributed by atoms with E-state index in [4.69, 9.17) is 5.14 Å². The average Bonchev–Trinajstić information content (AvgIpc) is 3.21. The predicted octanol–water partition coefficient (Wildman–Crippen LogP) is 3.27. The van der Waals surface area contributed by atoms with Gasteiger partial charge in [-0.05, 0) is 24.3 Å². The van der Waals surface area contributed by atoms with Crippen LogP contribution in [0, 0.1) is 0 Å². The lowest BCUT2D eigenvalue weighted by atomic mass is 10.1. The number of aromatic nitrogens is 4. The maximum Gasteiger partial charge on any atom is 0.258 e. The number of nitrogens with zero attached hydrogens (tertiary/aromatic N) is 4. The summed E-state index contributed by atoms with van der Waals surface area (Å²) in [5.41, 5.74) is 2.41. The number of rotatable bonds is 5. The zero-order valence-electron chi connectivity index (χ0n) is 16.9. The van der Waals surface area contributed by atoms with Gasteiger partial charge >= 0.3 is 0 Å². The number of nitrogens with one attached hydrogen (secondary N) is 1. The first-order valence-corrected chi connectivity index (χ1v) is 12.1. The van der Waals surface area contributed by atoms with Crippen LogP contribution in [0.5, 0.6) is 0 Å². The fraction of sp³-hybridized carbons (Fsp3) is 0. The van der Waals surface area contributed by atoms with Crippen molar-refractivity contribution in [2.24, 2.45) is 5.14 Å². The van der Waals surface area contributed by atoms with Crippen LogP contribution in [0.4, 0.5) is 11.6 Å². The third-order valence-corrected chi connectivity index (χ3v) is 6.79. The quantitative estimate of drug-likeness (QED) is 0.398. The van der Waals surface area contributed by atoms with E-state index < -0.39 is 10.0 Å². The van der Waals surface area contributed by atoms with E-state index >= 15 is 0 Å². The summed E-state index contributed by atoms with van der Waals surface area (Å²) in [4.78, 5) is 27.1. The maximum absolute atomic E-state index is 12.7. The highest BCUT2D eigenvalue weighted by Crippen LogP contribution is 2.37. The molecule has 3 heterocycles. The number of hydrogen-bond donors (Lipinski definition) is 2. The van der Waals surface area contributed by atoms with Crippen LogP contribution in [0.15, 0.2) is 88.8 Å². The number of fused-ring (bicyclic) bond motifs is 1. The molecule has 11 heteroatoms. The number of primary sulfonamides is 1. The van der Waals surface area contributed by atoms with E-state index in [0.29, 0.717) is 22.0 Å². The molecular formula is C22H16N6O3S2. The zero-order chi connectivity index (χ0) is 23.0. The molecule has 9 nitrogen and oxygen atoms in total. The van der Waals surface area contributed by atoms with Crippen molar-refractivity contribution < 1.29 is 8.42 Å². The molecule has 0 amide bonds. The van der Waals surface area contributed by atoms with E-state index in [1.807, 2.05) is 30.3 Å². The Hall–Kier alpha value is -3.93. The molecule has 2 aromatic carbocycles. The third-order valence-electron chi connectivity index (χ3n) is 4.80. The summed E-state index contributed by atoms with van der Waals surface area (Å²) >= 11 is 1.34. The predicted molar refractivity (Wildman–Crippen MR) is 127 cm³/mol. The molecule has 0 atom stereocenters. The second-order valence-corrected chi connectivity index (χ2v) is 9.55. The van der Waals surface area contributed by atoms with E-state index in [2.05, 4.69) is 20.3 Å². The molecule has 0 aliphatic rings. The lowest BCUT2D eigenvalue weighted by molar-refractivity contribution is 0.598. The molecule has 0 saturated heterocycles. The second kappa shape index (κ2) is 8.20. The summed E-state index contributed by atoms with van der Waals surface area (Å²) in [5.74, 6) is 0.260. The van der Waals surface area contributed by atoms with Crippen LogP contribution in [-0.2, 0) is 10.0 Å². The summed E-state index contributed by atoms with van der Waals surface area (Å²) in [7, 11) is -3.84. The van der Waals surface area contributed by atoms with E-state index in [1.54, 1.807) is 28.8 Å². The van der Waals surface area contributed by atoms with Crippen molar-refractivity contribution in [2.75, 3.05) is 5.32 Å². The Bertz CT molecular complexity index is 1650. The molecule has 5 aromatic rings. The van der Waals surface area contributed by atoms with Crippen LogP contribution in [0.1, 0.15) is 0 Å². The van der Waals surface area contributed by atoms with Gasteiger partial charge in [-0.25, -0.2) is 28.5 Å². The SMILES string of the molecule is NS(=O)(=O)c1cccc(Nc2nccc(-c3sc4nccc(=O)n4c3-c3ccccc3)n2)c1. The summed E-state index contributed by atoms with van der Waals surface area (Å²) in [6.07, 6.45) is 3.07. The molecule has 0 unspecified atom stereocenters. The fourth-order valence-corrected chi connectivity index (χ4v) is 5.02. The summed E-state index contributed by atoms with van der Waals surface area (Å²) in [6.45, 7) is 0. The van der Waals surface area contributed by atoms with Gasteiger partial charge < -0.3 is 5.32 Å². The topological polar surface area (TPSA) is 132 Å². The molecule has 0 spiro atoms. The Labute approximate surface area is 192 Å². The van der Waals surface area contributed by atoms with Gasteiger partial charge in [-0.2, -0.15) is 0 Å². The van der Waals surface area contributed by atoms with Crippen molar-refractivity contribution in [1.82, 2.24) is 19.4 Å². The fourth-order valence-electron chi connectivity index (χ4n) is 3.37. The molecule has 3 aromatic heterocycles. The number of anilines is 2. The first-order valence-electron chi connectivity index (χ1n) is 9.69. The molecule has 5 rings (SSSR count). The summed E-state index contributed by atoms with van der Waals surface area (Å²) in [5, 5.41) is 8.23. The molecule has 0 aliphatic carbocycles. The lowest BCUT2D eigenvalue weighted by Gasteiger charge is -2.08. The van der Waals surface area contributed by atoms with Crippen molar-refractivity contribution in [3.8, 4) is 21.8 Å². The standard InChI is InChI=1S/C22H16N6O3S2/c23-33(30,31)16-8-4-7-15(13-16)26-21-24-11-9-17(27-21)20-19(14-5-2-1-3-6-14)28-18(29)10-12-25-22(28)32-20/h1-13H,(H2,23,30,31)(H,24,26,27). The average molecular weight is 477 g/mol. The van der Waals surface area contributed by atoms with Crippen molar-refractivity contribution >= 4 is 38.0 Å².